The molecule has 1 saturated heterocycles. The van der Waals surface area contributed by atoms with E-state index in [0.29, 0.717) is 17.0 Å². The molecule has 2 atom stereocenters. The number of aromatic nitrogens is 4. The number of nitrogens with zero attached hydrogens (tertiary/aromatic N) is 4. The molecule has 0 bridgehead atoms. The largest absolute Gasteiger partial charge is 0.494 e. The first-order valence-corrected chi connectivity index (χ1v) is 20.9. The number of hydrogen-bond acceptors (Lipinski definition) is 8. The van der Waals surface area contributed by atoms with Crippen LogP contribution in [0.4, 0.5) is 55.5 Å². The highest BCUT2D eigenvalue weighted by Gasteiger charge is 2.52. The monoisotopic (exact) mass is 1050 g/mol. The molecule has 0 aliphatic carbocycles. The van der Waals surface area contributed by atoms with Crippen LogP contribution in [-0.4, -0.2) is 62.4 Å². The maximum absolute atomic E-state index is 14.2. The van der Waals surface area contributed by atoms with E-state index in [9.17, 15) is 43.9 Å². The number of anilines is 2. The third kappa shape index (κ3) is 13.3. The molecular weight excluding hydrogens is 1000 g/mol. The molecule has 2 aromatic heterocycles. The number of benzene rings is 4. The molecule has 0 saturated carbocycles. The Morgan fingerprint density at radius 2 is 1.08 bits per heavy atom. The van der Waals surface area contributed by atoms with E-state index in [4.69, 9.17) is 30.2 Å². The third-order valence-electron chi connectivity index (χ3n) is 10.3. The Morgan fingerprint density at radius 1 is 0.636 bits per heavy atom. The number of nitrogens with two attached hydrogens (primary N) is 2. The summed E-state index contributed by atoms with van der Waals surface area (Å²) >= 11 is 2.06. The van der Waals surface area contributed by atoms with Gasteiger partial charge in [0.25, 0.3) is 0 Å². The predicted molar refractivity (Wildman–Crippen MR) is 237 cm³/mol. The summed E-state index contributed by atoms with van der Waals surface area (Å²) < 4.78 is 155. The second-order valence-corrected chi connectivity index (χ2v) is 17.0. The van der Waals surface area contributed by atoms with Crippen molar-refractivity contribution in [3.8, 4) is 22.6 Å². The summed E-state index contributed by atoms with van der Waals surface area (Å²) in [5, 5.41) is 8.02. The SMILES string of the molecule is C[C@@H](OCc1cc(F)cc(-c2cc(N)nn2-c2ccccc2F)c1)C(F)(F)F.C[C@@H](OCc1cc(F)cc(B2OC(C)(C)C(C)(C)O2)c1)C(F)(F)F.Nc1cc(I)n(-c2ccccc2F)n1. The number of hydrogen-bond donors (Lipinski definition) is 2. The lowest BCUT2D eigenvalue weighted by molar-refractivity contribution is -0.217. The first-order chi connectivity index (χ1) is 30.6. The number of alkyl halides is 6. The summed E-state index contributed by atoms with van der Waals surface area (Å²) in [4.78, 5) is 0. The van der Waals surface area contributed by atoms with Crippen LogP contribution in [0.15, 0.2) is 97.1 Å². The van der Waals surface area contributed by atoms with Gasteiger partial charge < -0.3 is 30.2 Å². The molecule has 0 spiro atoms. The van der Waals surface area contributed by atoms with Crippen LogP contribution in [0, 0.1) is 27.0 Å². The Balaban J connectivity index is 0.000000195. The van der Waals surface area contributed by atoms with Crippen molar-refractivity contribution in [3.05, 3.63) is 135 Å². The maximum Gasteiger partial charge on any atom is 0.494 e. The Kier molecular flexibility index (Phi) is 16.3. The number of halogens is 11. The maximum atomic E-state index is 14.2. The van der Waals surface area contributed by atoms with Crippen LogP contribution in [0.3, 0.4) is 0 Å². The molecule has 0 amide bonds. The molecule has 1 aliphatic rings. The summed E-state index contributed by atoms with van der Waals surface area (Å²) in [6, 6.07) is 23.0. The molecule has 66 heavy (non-hydrogen) atoms. The predicted octanol–water partition coefficient (Wildman–Crippen LogP) is 10.7. The summed E-state index contributed by atoms with van der Waals surface area (Å²) in [6.07, 6.45) is -12.9. The van der Waals surface area contributed by atoms with Gasteiger partial charge in [0.2, 0.25) is 0 Å². The molecule has 6 aromatic rings. The molecule has 7 rings (SSSR count). The van der Waals surface area contributed by atoms with Crippen LogP contribution in [0.25, 0.3) is 22.6 Å². The highest BCUT2D eigenvalue weighted by atomic mass is 127. The van der Waals surface area contributed by atoms with Gasteiger partial charge in [-0.25, -0.2) is 26.9 Å². The standard InChI is InChI=1S/C19H16F5N3O.C16H21BF4O3.C9H7FIN3/c1-11(19(22,23)24)28-10-12-6-13(8-14(20)7-12)17-9-18(25)26-27(17)16-5-3-2-4-15(16)21;1-10(16(19,20)21)22-9-11-6-12(8-13(18)7-11)17-23-14(2,3)15(4,5)24-17;10-6-3-1-2-4-7(6)14-8(11)5-9(12)13-14/h2-9,11H,10H2,1H3,(H2,25,26);6-8,10H,9H2,1-5H3;1-5H,(H2,12,13)/t11-;10-;/m11./s1. The van der Waals surface area contributed by atoms with Crippen LogP contribution in [-0.2, 0) is 32.0 Å². The van der Waals surface area contributed by atoms with Crippen LogP contribution < -0.4 is 16.9 Å². The van der Waals surface area contributed by atoms with E-state index in [-0.39, 0.29) is 46.3 Å². The van der Waals surface area contributed by atoms with Gasteiger partial charge in [0.15, 0.2) is 12.2 Å². The Hall–Kier alpha value is -5.17. The number of ether oxygens (including phenoxy) is 2. The van der Waals surface area contributed by atoms with Gasteiger partial charge in [-0.1, -0.05) is 30.3 Å². The van der Waals surface area contributed by atoms with E-state index in [1.54, 1.807) is 30.3 Å². The van der Waals surface area contributed by atoms with Crippen LogP contribution in [0.2, 0.25) is 0 Å². The minimum Gasteiger partial charge on any atom is -0.399 e. The van der Waals surface area contributed by atoms with Crippen LogP contribution >= 0.6 is 22.6 Å². The van der Waals surface area contributed by atoms with Crippen molar-refractivity contribution in [3.63, 3.8) is 0 Å². The van der Waals surface area contributed by atoms with E-state index in [0.717, 1.165) is 35.7 Å². The van der Waals surface area contributed by atoms with Gasteiger partial charge in [-0.05, 0) is 135 Å². The number of nitrogen functional groups attached to an aromatic ring is 2. The molecule has 22 heteroatoms. The zero-order valence-corrected chi connectivity index (χ0v) is 38.3. The van der Waals surface area contributed by atoms with Gasteiger partial charge in [0.1, 0.15) is 50.0 Å². The van der Waals surface area contributed by atoms with Crippen molar-refractivity contribution >= 4 is 46.8 Å². The highest BCUT2D eigenvalue weighted by Crippen LogP contribution is 2.37. The van der Waals surface area contributed by atoms with Gasteiger partial charge in [-0.3, -0.25) is 0 Å². The van der Waals surface area contributed by atoms with E-state index in [1.807, 2.05) is 27.7 Å². The van der Waals surface area contributed by atoms with Crippen molar-refractivity contribution in [1.29, 1.82) is 0 Å². The summed E-state index contributed by atoms with van der Waals surface area (Å²) in [7, 11) is -0.788. The smallest absolute Gasteiger partial charge is 0.399 e. The molecule has 3 heterocycles. The molecule has 4 N–H and O–H groups in total. The summed E-state index contributed by atoms with van der Waals surface area (Å²) in [5.41, 5.74) is 12.0. The second kappa shape index (κ2) is 20.8. The average molecular weight is 1050 g/mol. The third-order valence-corrected chi connectivity index (χ3v) is 11.0. The first kappa shape index (κ1) is 51.8. The fourth-order valence-electron chi connectivity index (χ4n) is 5.97. The van der Waals surface area contributed by atoms with Crippen molar-refractivity contribution < 1.29 is 62.7 Å². The zero-order chi connectivity index (χ0) is 48.9. The van der Waals surface area contributed by atoms with Gasteiger partial charge >= 0.3 is 19.5 Å². The lowest BCUT2D eigenvalue weighted by Crippen LogP contribution is -2.41. The number of rotatable bonds is 10. The van der Waals surface area contributed by atoms with Crippen LogP contribution in [0.1, 0.15) is 52.7 Å². The minimum atomic E-state index is -4.52. The zero-order valence-electron chi connectivity index (χ0n) is 36.1. The van der Waals surface area contributed by atoms with E-state index in [1.165, 1.54) is 57.9 Å². The molecule has 354 valence electrons. The summed E-state index contributed by atoms with van der Waals surface area (Å²) in [6.45, 7) is 8.42. The summed E-state index contributed by atoms with van der Waals surface area (Å²) in [5.74, 6) is -1.68. The van der Waals surface area contributed by atoms with Crippen molar-refractivity contribution in [2.45, 2.75) is 90.5 Å². The fraction of sp³-hybridized carbons (Fsp3) is 0.318. The molecule has 1 fully saturated rings. The van der Waals surface area contributed by atoms with Crippen LogP contribution in [0.5, 0.6) is 0 Å². The molecule has 1 aliphatic heterocycles. The molecule has 10 nitrogen and oxygen atoms in total. The number of para-hydroxylation sites is 2. The van der Waals surface area contributed by atoms with Crippen molar-refractivity contribution in [2.75, 3.05) is 11.5 Å². The molecular formula is C44H44BF10IN6O4. The second-order valence-electron chi connectivity index (χ2n) is 15.9. The average Bonchev–Trinajstić information content (AvgIpc) is 3.84. The molecule has 4 aromatic carbocycles. The molecule has 0 radical (unpaired) electrons. The lowest BCUT2D eigenvalue weighted by Gasteiger charge is -2.32. The Bertz CT molecular complexity index is 2590. The Morgan fingerprint density at radius 3 is 1.55 bits per heavy atom. The topological polar surface area (TPSA) is 125 Å². The van der Waals surface area contributed by atoms with Gasteiger partial charge in [-0.2, -0.15) is 31.4 Å². The minimum absolute atomic E-state index is 0.0750. The fourth-order valence-corrected chi connectivity index (χ4v) is 6.65. The Labute approximate surface area is 387 Å². The van der Waals surface area contributed by atoms with E-state index in [2.05, 4.69) is 32.8 Å². The molecule has 0 unspecified atom stereocenters. The first-order valence-electron chi connectivity index (χ1n) is 19.8. The lowest BCUT2D eigenvalue weighted by atomic mass is 9.78. The highest BCUT2D eigenvalue weighted by molar-refractivity contribution is 14.1. The van der Waals surface area contributed by atoms with Gasteiger partial charge in [-0.15, -0.1) is 5.10 Å². The quantitative estimate of drug-likeness (QED) is 0.0790. The van der Waals surface area contributed by atoms with Gasteiger partial charge in [0.05, 0.1) is 30.1 Å². The van der Waals surface area contributed by atoms with Gasteiger partial charge in [0, 0.05) is 17.7 Å². The van der Waals surface area contributed by atoms with E-state index < -0.39 is 66.9 Å². The normalized spacial score (nSPS) is 15.4. The van der Waals surface area contributed by atoms with E-state index >= 15 is 0 Å². The van der Waals surface area contributed by atoms with Crippen molar-refractivity contribution in [2.24, 2.45) is 0 Å². The van der Waals surface area contributed by atoms with Crippen molar-refractivity contribution in [1.82, 2.24) is 19.6 Å².